The number of benzene rings is 1. The molecule has 1 heterocycles. The first-order valence-corrected chi connectivity index (χ1v) is 7.63. The first-order valence-electron chi connectivity index (χ1n) is 7.63. The summed E-state index contributed by atoms with van der Waals surface area (Å²) in [6.07, 6.45) is 0. The third-order valence-electron chi connectivity index (χ3n) is 3.76. The standard InChI is InChI=1S/C16H26N4O2.HI/c1-12(2)20(4)8-7-18-16(17-3)19-10-13-5-6-14-15(9-13)22-11-21-14;/h5-6,9,12H,7-8,10-11H2,1-4H3,(H2,17,18,19);1H. The molecule has 0 aliphatic carbocycles. The zero-order valence-electron chi connectivity index (χ0n) is 14.3. The third kappa shape index (κ3) is 6.06. The molecule has 6 nitrogen and oxygen atoms in total. The highest BCUT2D eigenvalue weighted by molar-refractivity contribution is 14.0. The normalized spacial score (nSPS) is 13.2. The van der Waals surface area contributed by atoms with E-state index in [4.69, 9.17) is 9.47 Å². The molecule has 23 heavy (non-hydrogen) atoms. The number of halogens is 1. The van der Waals surface area contributed by atoms with Crippen LogP contribution in [-0.4, -0.2) is 50.9 Å². The Bertz CT molecular complexity index is 523. The van der Waals surface area contributed by atoms with Crippen LogP contribution in [0, 0.1) is 0 Å². The Balaban J connectivity index is 0.00000264. The van der Waals surface area contributed by atoms with Crippen molar-refractivity contribution in [2.75, 3.05) is 34.0 Å². The molecule has 0 radical (unpaired) electrons. The predicted octanol–water partition coefficient (Wildman–Crippen LogP) is 2.04. The monoisotopic (exact) mass is 434 g/mol. The molecule has 1 aromatic rings. The van der Waals surface area contributed by atoms with E-state index in [0.29, 0.717) is 19.4 Å². The number of hydrogen-bond donors (Lipinski definition) is 2. The minimum atomic E-state index is 0. The van der Waals surface area contributed by atoms with Crippen LogP contribution in [0.3, 0.4) is 0 Å². The second-order valence-electron chi connectivity index (χ2n) is 5.61. The van der Waals surface area contributed by atoms with Gasteiger partial charge in [0.2, 0.25) is 6.79 Å². The van der Waals surface area contributed by atoms with Crippen LogP contribution in [-0.2, 0) is 6.54 Å². The average molecular weight is 434 g/mol. The Morgan fingerprint density at radius 3 is 2.70 bits per heavy atom. The largest absolute Gasteiger partial charge is 0.454 e. The van der Waals surface area contributed by atoms with E-state index in [0.717, 1.165) is 36.1 Å². The number of hydrogen-bond acceptors (Lipinski definition) is 4. The van der Waals surface area contributed by atoms with Gasteiger partial charge in [0.15, 0.2) is 17.5 Å². The van der Waals surface area contributed by atoms with Crippen LogP contribution < -0.4 is 20.1 Å². The van der Waals surface area contributed by atoms with Gasteiger partial charge in [-0.15, -0.1) is 24.0 Å². The summed E-state index contributed by atoms with van der Waals surface area (Å²) in [7, 11) is 3.90. The molecule has 0 saturated carbocycles. The summed E-state index contributed by atoms with van der Waals surface area (Å²) in [4.78, 5) is 6.53. The number of nitrogens with zero attached hydrogens (tertiary/aromatic N) is 2. The molecule has 0 unspecified atom stereocenters. The fraction of sp³-hybridized carbons (Fsp3) is 0.562. The zero-order chi connectivity index (χ0) is 15.9. The number of fused-ring (bicyclic) bond motifs is 1. The van der Waals surface area contributed by atoms with E-state index < -0.39 is 0 Å². The maximum absolute atomic E-state index is 5.38. The van der Waals surface area contributed by atoms with Gasteiger partial charge < -0.3 is 25.0 Å². The van der Waals surface area contributed by atoms with E-state index in [-0.39, 0.29) is 24.0 Å². The topological polar surface area (TPSA) is 58.1 Å². The smallest absolute Gasteiger partial charge is 0.231 e. The third-order valence-corrected chi connectivity index (χ3v) is 3.76. The van der Waals surface area contributed by atoms with E-state index in [1.165, 1.54) is 0 Å². The molecule has 0 saturated heterocycles. The van der Waals surface area contributed by atoms with Gasteiger partial charge in [0, 0.05) is 32.7 Å². The molecule has 0 spiro atoms. The van der Waals surface area contributed by atoms with Crippen molar-refractivity contribution in [2.24, 2.45) is 4.99 Å². The molecule has 2 N–H and O–H groups in total. The Morgan fingerprint density at radius 2 is 2.00 bits per heavy atom. The molecule has 0 amide bonds. The molecule has 130 valence electrons. The summed E-state index contributed by atoms with van der Waals surface area (Å²) in [5, 5.41) is 6.62. The number of nitrogens with one attached hydrogen (secondary N) is 2. The number of guanidine groups is 1. The second-order valence-corrected chi connectivity index (χ2v) is 5.61. The second kappa shape index (κ2) is 9.82. The molecular weight excluding hydrogens is 407 g/mol. The van der Waals surface area contributed by atoms with Crippen molar-refractivity contribution in [1.82, 2.24) is 15.5 Å². The van der Waals surface area contributed by atoms with Crippen LogP contribution in [0.4, 0.5) is 0 Å². The Kier molecular flexibility index (Phi) is 8.46. The van der Waals surface area contributed by atoms with Crippen molar-refractivity contribution in [3.05, 3.63) is 23.8 Å². The van der Waals surface area contributed by atoms with Crippen LogP contribution in [0.2, 0.25) is 0 Å². The summed E-state index contributed by atoms with van der Waals surface area (Å²) in [5.74, 6) is 2.42. The minimum absolute atomic E-state index is 0. The highest BCUT2D eigenvalue weighted by atomic mass is 127. The van der Waals surface area contributed by atoms with Crippen molar-refractivity contribution in [3.8, 4) is 11.5 Å². The lowest BCUT2D eigenvalue weighted by Crippen LogP contribution is -2.41. The Labute approximate surface area is 155 Å². The SMILES string of the molecule is CN=C(NCCN(C)C(C)C)NCc1ccc2c(c1)OCO2.I. The Hall–Kier alpha value is -1.22. The van der Waals surface area contributed by atoms with Crippen molar-refractivity contribution >= 4 is 29.9 Å². The van der Waals surface area contributed by atoms with Gasteiger partial charge in [0.1, 0.15) is 0 Å². The van der Waals surface area contributed by atoms with E-state index in [2.05, 4.69) is 41.4 Å². The Morgan fingerprint density at radius 1 is 1.26 bits per heavy atom. The molecule has 2 rings (SSSR count). The van der Waals surface area contributed by atoms with Crippen LogP contribution in [0.25, 0.3) is 0 Å². The fourth-order valence-corrected chi connectivity index (χ4v) is 2.07. The van der Waals surface area contributed by atoms with Crippen molar-refractivity contribution in [1.29, 1.82) is 0 Å². The summed E-state index contributed by atoms with van der Waals surface area (Å²) in [5.41, 5.74) is 1.13. The summed E-state index contributed by atoms with van der Waals surface area (Å²) in [6, 6.07) is 6.51. The number of ether oxygens (including phenoxy) is 2. The fourth-order valence-electron chi connectivity index (χ4n) is 2.07. The van der Waals surface area contributed by atoms with Crippen molar-refractivity contribution in [3.63, 3.8) is 0 Å². The van der Waals surface area contributed by atoms with E-state index >= 15 is 0 Å². The van der Waals surface area contributed by atoms with Crippen LogP contribution in [0.1, 0.15) is 19.4 Å². The van der Waals surface area contributed by atoms with Gasteiger partial charge in [-0.2, -0.15) is 0 Å². The number of aliphatic imine (C=N–C) groups is 1. The molecule has 7 heteroatoms. The van der Waals surface area contributed by atoms with Gasteiger partial charge in [-0.3, -0.25) is 4.99 Å². The quantitative estimate of drug-likeness (QED) is 0.408. The first kappa shape index (κ1) is 19.8. The summed E-state index contributed by atoms with van der Waals surface area (Å²) < 4.78 is 10.7. The van der Waals surface area contributed by atoms with Gasteiger partial charge in [-0.25, -0.2) is 0 Å². The van der Waals surface area contributed by atoms with Crippen molar-refractivity contribution < 1.29 is 9.47 Å². The molecule has 0 atom stereocenters. The molecule has 1 aromatic carbocycles. The average Bonchev–Trinajstić information content (AvgIpc) is 2.97. The molecule has 1 aliphatic rings. The minimum Gasteiger partial charge on any atom is -0.454 e. The zero-order valence-corrected chi connectivity index (χ0v) is 16.6. The molecule has 0 aromatic heterocycles. The first-order chi connectivity index (χ1) is 10.6. The van der Waals surface area contributed by atoms with Gasteiger partial charge in [0.05, 0.1) is 0 Å². The van der Waals surface area contributed by atoms with E-state index in [1.807, 2.05) is 18.2 Å². The van der Waals surface area contributed by atoms with Crippen LogP contribution in [0.15, 0.2) is 23.2 Å². The van der Waals surface area contributed by atoms with Crippen LogP contribution in [0.5, 0.6) is 11.5 Å². The molecule has 0 fully saturated rings. The molecule has 0 bridgehead atoms. The van der Waals surface area contributed by atoms with E-state index in [9.17, 15) is 0 Å². The molecular formula is C16H27IN4O2. The van der Waals surface area contributed by atoms with Gasteiger partial charge in [-0.05, 0) is 38.6 Å². The maximum Gasteiger partial charge on any atom is 0.231 e. The number of likely N-dealkylation sites (N-methyl/N-ethyl adjacent to an activating group) is 1. The van der Waals surface area contributed by atoms with Gasteiger partial charge in [-0.1, -0.05) is 6.07 Å². The predicted molar refractivity (Wildman–Crippen MR) is 104 cm³/mol. The van der Waals surface area contributed by atoms with Gasteiger partial charge in [0.25, 0.3) is 0 Å². The van der Waals surface area contributed by atoms with Gasteiger partial charge >= 0.3 is 0 Å². The summed E-state index contributed by atoms with van der Waals surface area (Å²) in [6.45, 7) is 7.20. The molecule has 1 aliphatic heterocycles. The highest BCUT2D eigenvalue weighted by Gasteiger charge is 2.13. The lowest BCUT2D eigenvalue weighted by Gasteiger charge is -2.21. The summed E-state index contributed by atoms with van der Waals surface area (Å²) >= 11 is 0. The van der Waals surface area contributed by atoms with Crippen LogP contribution >= 0.6 is 24.0 Å². The maximum atomic E-state index is 5.38. The van der Waals surface area contributed by atoms with E-state index in [1.54, 1.807) is 7.05 Å². The van der Waals surface area contributed by atoms with Crippen molar-refractivity contribution in [2.45, 2.75) is 26.4 Å². The lowest BCUT2D eigenvalue weighted by atomic mass is 10.2. The lowest BCUT2D eigenvalue weighted by molar-refractivity contribution is 0.174. The highest BCUT2D eigenvalue weighted by Crippen LogP contribution is 2.32. The number of rotatable bonds is 6.